The summed E-state index contributed by atoms with van der Waals surface area (Å²) in [4.78, 5) is 20.0. The summed E-state index contributed by atoms with van der Waals surface area (Å²) in [6.07, 6.45) is 2.29. The van der Waals surface area contributed by atoms with E-state index < -0.39 is 0 Å². The van der Waals surface area contributed by atoms with Crippen LogP contribution in [0.4, 0.5) is 0 Å². The minimum Gasteiger partial charge on any atom is -0.338 e. The average molecular weight is 401 g/mol. The fourth-order valence-corrected chi connectivity index (χ4v) is 4.85. The lowest BCUT2D eigenvalue weighted by Crippen LogP contribution is -2.39. The molecule has 0 aliphatic carbocycles. The third kappa shape index (κ3) is 3.00. The van der Waals surface area contributed by atoms with Crippen LogP contribution in [-0.4, -0.2) is 38.0 Å². The SMILES string of the molecule is CCn1c(-c2nc3cc(C(=O)N4CCC[C@H](C)C4)ccc3n2C)cc2ccccc21. The molecule has 0 unspecified atom stereocenters. The van der Waals surface area contributed by atoms with Crippen LogP contribution in [0, 0.1) is 5.92 Å². The Morgan fingerprint density at radius 1 is 1.13 bits per heavy atom. The molecule has 2 aromatic carbocycles. The summed E-state index contributed by atoms with van der Waals surface area (Å²) in [5.41, 5.74) is 4.97. The highest BCUT2D eigenvalue weighted by atomic mass is 16.2. The van der Waals surface area contributed by atoms with Crippen molar-refractivity contribution in [2.75, 3.05) is 13.1 Å². The molecule has 0 N–H and O–H groups in total. The van der Waals surface area contributed by atoms with Gasteiger partial charge in [-0.3, -0.25) is 4.79 Å². The van der Waals surface area contributed by atoms with Crippen LogP contribution in [0.1, 0.15) is 37.0 Å². The number of aromatic nitrogens is 3. The lowest BCUT2D eigenvalue weighted by atomic mass is 9.99. The van der Waals surface area contributed by atoms with E-state index in [0.29, 0.717) is 5.92 Å². The number of hydrogen-bond donors (Lipinski definition) is 0. The van der Waals surface area contributed by atoms with Crippen molar-refractivity contribution in [3.63, 3.8) is 0 Å². The predicted octanol–water partition coefficient (Wildman–Crippen LogP) is 5.09. The summed E-state index contributed by atoms with van der Waals surface area (Å²) >= 11 is 0. The van der Waals surface area contributed by atoms with Gasteiger partial charge in [0.15, 0.2) is 5.82 Å². The Kier molecular flexibility index (Phi) is 4.61. The molecule has 5 rings (SSSR count). The highest BCUT2D eigenvalue weighted by molar-refractivity contribution is 5.98. The Balaban J connectivity index is 1.57. The fourth-order valence-electron chi connectivity index (χ4n) is 4.85. The molecule has 1 atom stereocenters. The van der Waals surface area contributed by atoms with Crippen LogP contribution in [0.5, 0.6) is 0 Å². The molecular formula is C25H28N4O. The zero-order valence-electron chi connectivity index (χ0n) is 17.9. The number of carbonyl (C=O) groups excluding carboxylic acids is 1. The molecule has 0 bridgehead atoms. The van der Waals surface area contributed by atoms with E-state index in [1.54, 1.807) is 0 Å². The van der Waals surface area contributed by atoms with E-state index in [-0.39, 0.29) is 5.91 Å². The van der Waals surface area contributed by atoms with Crippen molar-refractivity contribution < 1.29 is 4.79 Å². The minimum atomic E-state index is 0.123. The Hall–Kier alpha value is -3.08. The van der Waals surface area contributed by atoms with Gasteiger partial charge in [0.2, 0.25) is 0 Å². The molecule has 3 heterocycles. The first-order valence-corrected chi connectivity index (χ1v) is 10.9. The molecule has 5 heteroatoms. The molecule has 1 amide bonds. The van der Waals surface area contributed by atoms with E-state index in [0.717, 1.165) is 54.2 Å². The second-order valence-corrected chi connectivity index (χ2v) is 8.53. The van der Waals surface area contributed by atoms with Crippen LogP contribution in [0.2, 0.25) is 0 Å². The van der Waals surface area contributed by atoms with E-state index in [2.05, 4.69) is 60.4 Å². The van der Waals surface area contributed by atoms with Crippen molar-refractivity contribution in [2.24, 2.45) is 13.0 Å². The molecule has 0 saturated carbocycles. The molecule has 5 nitrogen and oxygen atoms in total. The maximum atomic E-state index is 13.1. The highest BCUT2D eigenvalue weighted by Crippen LogP contribution is 2.30. The molecule has 2 aromatic heterocycles. The number of amides is 1. The third-order valence-electron chi connectivity index (χ3n) is 6.43. The van der Waals surface area contributed by atoms with Crippen molar-refractivity contribution in [3.05, 3.63) is 54.1 Å². The van der Waals surface area contributed by atoms with E-state index in [1.165, 1.54) is 17.3 Å². The van der Waals surface area contributed by atoms with Gasteiger partial charge in [0.1, 0.15) is 0 Å². The smallest absolute Gasteiger partial charge is 0.253 e. The molecule has 30 heavy (non-hydrogen) atoms. The van der Waals surface area contributed by atoms with Crippen LogP contribution in [-0.2, 0) is 13.6 Å². The van der Waals surface area contributed by atoms with Crippen molar-refractivity contribution in [2.45, 2.75) is 33.2 Å². The second-order valence-electron chi connectivity index (χ2n) is 8.53. The zero-order valence-corrected chi connectivity index (χ0v) is 17.9. The summed E-state index contributed by atoms with van der Waals surface area (Å²) in [6.45, 7) is 6.96. The topological polar surface area (TPSA) is 43.1 Å². The Morgan fingerprint density at radius 3 is 2.77 bits per heavy atom. The first kappa shape index (κ1) is 18.9. The molecule has 154 valence electrons. The van der Waals surface area contributed by atoms with E-state index in [1.807, 2.05) is 23.1 Å². The molecule has 0 radical (unpaired) electrons. The summed E-state index contributed by atoms with van der Waals surface area (Å²) in [5.74, 6) is 1.63. The van der Waals surface area contributed by atoms with Crippen LogP contribution in [0.3, 0.4) is 0 Å². The number of para-hydroxylation sites is 1. The largest absolute Gasteiger partial charge is 0.338 e. The predicted molar refractivity (Wildman–Crippen MR) is 122 cm³/mol. The molecule has 0 spiro atoms. The molecule has 1 aliphatic heterocycles. The van der Waals surface area contributed by atoms with Crippen molar-refractivity contribution in [3.8, 4) is 11.5 Å². The standard InChI is InChI=1S/C25H28N4O/c1-4-29-21-10-6-5-9-18(21)15-23(29)24-26-20-14-19(11-12-22(20)27(24)3)25(30)28-13-7-8-17(2)16-28/h5-6,9-12,14-15,17H,4,7-8,13,16H2,1-3H3/t17-/m0/s1. The van der Waals surface area contributed by atoms with E-state index in [4.69, 9.17) is 4.98 Å². The lowest BCUT2D eigenvalue weighted by Gasteiger charge is -2.31. The number of hydrogen-bond acceptors (Lipinski definition) is 2. The average Bonchev–Trinajstić information content (AvgIpc) is 3.30. The number of benzene rings is 2. The van der Waals surface area contributed by atoms with Gasteiger partial charge < -0.3 is 14.0 Å². The zero-order chi connectivity index (χ0) is 20.8. The second kappa shape index (κ2) is 7.31. The normalized spacial score (nSPS) is 17.2. The third-order valence-corrected chi connectivity index (χ3v) is 6.43. The van der Waals surface area contributed by atoms with Crippen LogP contribution < -0.4 is 0 Å². The Bertz CT molecular complexity index is 1250. The highest BCUT2D eigenvalue weighted by Gasteiger charge is 2.23. The number of aryl methyl sites for hydroxylation is 2. The molecule has 4 aromatic rings. The van der Waals surface area contributed by atoms with Crippen LogP contribution >= 0.6 is 0 Å². The van der Waals surface area contributed by atoms with Gasteiger partial charge >= 0.3 is 0 Å². The summed E-state index contributed by atoms with van der Waals surface area (Å²) in [5, 5.41) is 1.22. The first-order chi connectivity index (χ1) is 14.6. The summed E-state index contributed by atoms with van der Waals surface area (Å²) in [7, 11) is 2.05. The number of carbonyl (C=O) groups is 1. The summed E-state index contributed by atoms with van der Waals surface area (Å²) < 4.78 is 4.44. The number of piperidine rings is 1. The van der Waals surface area contributed by atoms with Gasteiger partial charge in [-0.25, -0.2) is 4.98 Å². The van der Waals surface area contributed by atoms with Crippen LogP contribution in [0.15, 0.2) is 48.5 Å². The van der Waals surface area contributed by atoms with Crippen molar-refractivity contribution in [1.29, 1.82) is 0 Å². The molecule has 1 fully saturated rings. The summed E-state index contributed by atoms with van der Waals surface area (Å²) in [6, 6.07) is 16.6. The van der Waals surface area contributed by atoms with Gasteiger partial charge in [-0.05, 0) is 56.0 Å². The lowest BCUT2D eigenvalue weighted by molar-refractivity contribution is 0.0683. The monoisotopic (exact) mass is 400 g/mol. The van der Waals surface area contributed by atoms with Gasteiger partial charge in [0, 0.05) is 43.1 Å². The minimum absolute atomic E-state index is 0.123. The van der Waals surface area contributed by atoms with E-state index in [9.17, 15) is 4.79 Å². The molecule has 1 aliphatic rings. The first-order valence-electron chi connectivity index (χ1n) is 10.9. The van der Waals surface area contributed by atoms with Gasteiger partial charge in [0.25, 0.3) is 5.91 Å². The quantitative estimate of drug-likeness (QED) is 0.481. The number of imidazole rings is 1. The molecular weight excluding hydrogens is 372 g/mol. The molecule has 1 saturated heterocycles. The Morgan fingerprint density at radius 2 is 1.97 bits per heavy atom. The number of nitrogens with zero attached hydrogens (tertiary/aromatic N) is 4. The van der Waals surface area contributed by atoms with Gasteiger partial charge in [-0.15, -0.1) is 0 Å². The maximum absolute atomic E-state index is 13.1. The fraction of sp³-hybridized carbons (Fsp3) is 0.360. The maximum Gasteiger partial charge on any atom is 0.253 e. The van der Waals surface area contributed by atoms with Gasteiger partial charge in [-0.2, -0.15) is 0 Å². The number of likely N-dealkylation sites (tertiary alicyclic amines) is 1. The van der Waals surface area contributed by atoms with Gasteiger partial charge in [-0.1, -0.05) is 25.1 Å². The number of fused-ring (bicyclic) bond motifs is 2. The van der Waals surface area contributed by atoms with E-state index >= 15 is 0 Å². The number of rotatable bonds is 3. The van der Waals surface area contributed by atoms with Gasteiger partial charge in [0.05, 0.1) is 16.7 Å². The van der Waals surface area contributed by atoms with Crippen LogP contribution in [0.25, 0.3) is 33.5 Å². The van der Waals surface area contributed by atoms with Crippen molar-refractivity contribution in [1.82, 2.24) is 19.0 Å². The van der Waals surface area contributed by atoms with Crippen molar-refractivity contribution >= 4 is 27.8 Å². The Labute approximate surface area is 176 Å².